The van der Waals surface area contributed by atoms with Gasteiger partial charge in [0, 0.05) is 11.4 Å². The molecule has 0 heterocycles. The fourth-order valence-corrected chi connectivity index (χ4v) is 7.21. The monoisotopic (exact) mass is 871 g/mol. The molecule has 7 aromatic carbocycles. The SMILES string of the molecule is Nc1ccc(N=Nc2cc(N=Nc3cccc(-c4ccc(N=Nc5c(S(=O)(=O)O)cc6cc(S(=O)(=O)O)c(N=Nc7ccc(N)cc7)c(O)c6c5N)cc4)c3)c(N)cc2N)cc1. The molecule has 0 spiro atoms. The van der Waals surface area contributed by atoms with Gasteiger partial charge in [0.05, 0.1) is 45.2 Å². The number of hydrogen-bond donors (Lipinski definition) is 8. The standard InChI is InChI=1S/C40H33N13O7S2/c41-24-6-12-27(13-7-24)46-50-32-20-33(31(44)19-30(32)43)51-49-29-3-1-2-22(16-29)21-4-10-26(11-5-21)47-52-38-34(61(55,56)57)17-23-18-35(62(58,59)60)39(40(54)36(23)37(38)45)53-48-28-14-8-25(42)9-15-28/h1-20,54H,41-45H2,(H,55,56,57)(H,58,59,60). The van der Waals surface area contributed by atoms with E-state index >= 15 is 0 Å². The summed E-state index contributed by atoms with van der Waals surface area (Å²) >= 11 is 0. The quantitative estimate of drug-likeness (QED) is 0.0342. The summed E-state index contributed by atoms with van der Waals surface area (Å²) in [5.74, 6) is -0.894. The van der Waals surface area contributed by atoms with E-state index in [4.69, 9.17) is 28.7 Å². The van der Waals surface area contributed by atoms with Crippen molar-refractivity contribution < 1.29 is 31.0 Å². The third-order valence-corrected chi connectivity index (χ3v) is 10.7. The Labute approximate surface area is 352 Å². The van der Waals surface area contributed by atoms with Crippen LogP contribution in [0.4, 0.5) is 73.9 Å². The minimum Gasteiger partial charge on any atom is -0.505 e. The van der Waals surface area contributed by atoms with Gasteiger partial charge in [-0.1, -0.05) is 24.3 Å². The van der Waals surface area contributed by atoms with E-state index in [-0.39, 0.29) is 27.8 Å². The molecular formula is C40H33N13O7S2. The van der Waals surface area contributed by atoms with Crippen molar-refractivity contribution in [1.82, 2.24) is 0 Å². The second-order valence-electron chi connectivity index (χ2n) is 13.3. The highest BCUT2D eigenvalue weighted by molar-refractivity contribution is 7.86. The van der Waals surface area contributed by atoms with Crippen LogP contribution < -0.4 is 28.7 Å². The molecule has 0 saturated heterocycles. The molecule has 0 fully saturated rings. The van der Waals surface area contributed by atoms with Crippen LogP contribution in [0.2, 0.25) is 0 Å². The molecule has 0 atom stereocenters. The Bertz CT molecular complexity index is 3230. The molecule has 13 N–H and O–H groups in total. The summed E-state index contributed by atoms with van der Waals surface area (Å²) in [6.45, 7) is 0. The summed E-state index contributed by atoms with van der Waals surface area (Å²) in [6, 6.07) is 31.1. The summed E-state index contributed by atoms with van der Waals surface area (Å²) in [7, 11) is -10.2. The second kappa shape index (κ2) is 16.8. The van der Waals surface area contributed by atoms with Crippen LogP contribution in [-0.4, -0.2) is 31.0 Å². The molecule has 22 heteroatoms. The summed E-state index contributed by atoms with van der Waals surface area (Å²) in [5.41, 5.74) is 33.4. The first-order chi connectivity index (χ1) is 29.4. The Morgan fingerprint density at radius 3 is 1.40 bits per heavy atom. The van der Waals surface area contributed by atoms with Crippen LogP contribution in [0, 0.1) is 0 Å². The first-order valence-corrected chi connectivity index (χ1v) is 20.7. The first kappa shape index (κ1) is 42.0. The van der Waals surface area contributed by atoms with Crippen LogP contribution in [0.3, 0.4) is 0 Å². The van der Waals surface area contributed by atoms with Crippen molar-refractivity contribution in [2.45, 2.75) is 9.79 Å². The fourth-order valence-electron chi connectivity index (χ4n) is 5.88. The molecule has 7 rings (SSSR count). The minimum absolute atomic E-state index is 0.207. The highest BCUT2D eigenvalue weighted by Gasteiger charge is 2.28. The lowest BCUT2D eigenvalue weighted by molar-refractivity contribution is 0.472. The number of fused-ring (bicyclic) bond motifs is 1. The van der Waals surface area contributed by atoms with Gasteiger partial charge in [-0.2, -0.15) is 37.3 Å². The van der Waals surface area contributed by atoms with Gasteiger partial charge >= 0.3 is 0 Å². The van der Waals surface area contributed by atoms with E-state index < -0.39 is 52.8 Å². The van der Waals surface area contributed by atoms with E-state index in [9.17, 15) is 31.0 Å². The van der Waals surface area contributed by atoms with Crippen LogP contribution in [-0.2, 0) is 20.2 Å². The molecule has 0 aliphatic carbocycles. The maximum Gasteiger partial charge on any atom is 0.296 e. The molecule has 0 radical (unpaired) electrons. The number of rotatable bonds is 11. The fraction of sp³-hybridized carbons (Fsp3) is 0. The molecule has 62 heavy (non-hydrogen) atoms. The normalized spacial score (nSPS) is 12.4. The topological polar surface area (TPSA) is 358 Å². The molecule has 20 nitrogen and oxygen atoms in total. The number of anilines is 5. The number of aromatic hydroxyl groups is 1. The number of nitrogens with zero attached hydrogens (tertiary/aromatic N) is 8. The zero-order valence-corrected chi connectivity index (χ0v) is 33.4. The smallest absolute Gasteiger partial charge is 0.296 e. The van der Waals surface area contributed by atoms with Gasteiger partial charge in [-0.05, 0) is 114 Å². The van der Waals surface area contributed by atoms with E-state index in [0.29, 0.717) is 39.8 Å². The molecule has 0 aliphatic heterocycles. The zero-order valence-electron chi connectivity index (χ0n) is 31.8. The lowest BCUT2D eigenvalue weighted by atomic mass is 10.0. The van der Waals surface area contributed by atoms with Crippen molar-refractivity contribution in [2.75, 3.05) is 28.7 Å². The Balaban J connectivity index is 1.17. The number of hydrogen-bond acceptors (Lipinski definition) is 18. The zero-order chi connectivity index (χ0) is 44.3. The molecule has 7 aromatic rings. The van der Waals surface area contributed by atoms with Crippen LogP contribution in [0.15, 0.2) is 172 Å². The summed E-state index contributed by atoms with van der Waals surface area (Å²) in [5, 5.41) is 43.6. The molecule has 0 aromatic heterocycles. The van der Waals surface area contributed by atoms with E-state index in [1.54, 1.807) is 72.8 Å². The van der Waals surface area contributed by atoms with E-state index in [0.717, 1.165) is 23.3 Å². The van der Waals surface area contributed by atoms with Crippen molar-refractivity contribution >= 4 is 105 Å². The Hall–Kier alpha value is -8.18. The molecule has 0 unspecified atom stereocenters. The maximum atomic E-state index is 12.6. The number of benzene rings is 7. The van der Waals surface area contributed by atoms with Gasteiger partial charge in [0.1, 0.15) is 32.5 Å². The number of azo groups is 4. The lowest BCUT2D eigenvalue weighted by Gasteiger charge is -2.14. The molecule has 0 aliphatic rings. The Kier molecular flexibility index (Phi) is 11.4. The largest absolute Gasteiger partial charge is 0.505 e. The van der Waals surface area contributed by atoms with Crippen molar-refractivity contribution in [1.29, 1.82) is 0 Å². The number of phenols is 1. The maximum absolute atomic E-state index is 12.6. The van der Waals surface area contributed by atoms with Crippen LogP contribution in [0.1, 0.15) is 0 Å². The van der Waals surface area contributed by atoms with E-state index in [1.807, 2.05) is 6.07 Å². The van der Waals surface area contributed by atoms with Crippen molar-refractivity contribution in [3.8, 4) is 16.9 Å². The summed E-state index contributed by atoms with van der Waals surface area (Å²) < 4.78 is 70.0. The summed E-state index contributed by atoms with van der Waals surface area (Å²) in [4.78, 5) is -1.80. The average Bonchev–Trinajstić information content (AvgIpc) is 3.23. The van der Waals surface area contributed by atoms with Gasteiger partial charge in [0.15, 0.2) is 5.75 Å². The second-order valence-corrected chi connectivity index (χ2v) is 16.1. The number of phenolic OH excluding ortho intramolecular Hbond substituents is 1. The predicted octanol–water partition coefficient (Wildman–Crippen LogP) is 10.3. The minimum atomic E-state index is -5.09. The molecular weight excluding hydrogens is 839 g/mol. The summed E-state index contributed by atoms with van der Waals surface area (Å²) in [6.07, 6.45) is 0. The van der Waals surface area contributed by atoms with Crippen molar-refractivity contribution in [3.05, 3.63) is 121 Å². The van der Waals surface area contributed by atoms with Gasteiger partial charge in [0.25, 0.3) is 20.2 Å². The predicted molar refractivity (Wildman–Crippen MR) is 235 cm³/mol. The number of nitrogen functional groups attached to an aromatic ring is 5. The number of nitrogens with two attached hydrogens (primary N) is 5. The molecule has 0 amide bonds. The van der Waals surface area contributed by atoms with Crippen LogP contribution in [0.25, 0.3) is 21.9 Å². The van der Waals surface area contributed by atoms with E-state index in [2.05, 4.69) is 40.9 Å². The molecule has 0 saturated carbocycles. The van der Waals surface area contributed by atoms with Gasteiger partial charge in [-0.3, -0.25) is 9.11 Å². The van der Waals surface area contributed by atoms with Gasteiger partial charge in [-0.15, -0.1) is 20.5 Å². The van der Waals surface area contributed by atoms with Crippen LogP contribution in [0.5, 0.6) is 5.75 Å². The van der Waals surface area contributed by atoms with E-state index in [1.165, 1.54) is 30.3 Å². The Morgan fingerprint density at radius 1 is 0.435 bits per heavy atom. The van der Waals surface area contributed by atoms with Gasteiger partial charge in [0.2, 0.25) is 0 Å². The molecule has 0 bridgehead atoms. The first-order valence-electron chi connectivity index (χ1n) is 17.8. The van der Waals surface area contributed by atoms with Crippen molar-refractivity contribution in [3.63, 3.8) is 0 Å². The van der Waals surface area contributed by atoms with Crippen LogP contribution >= 0.6 is 0 Å². The highest BCUT2D eigenvalue weighted by atomic mass is 32.2. The van der Waals surface area contributed by atoms with Crippen molar-refractivity contribution in [2.24, 2.45) is 40.9 Å². The third-order valence-electron chi connectivity index (χ3n) is 8.96. The van der Waals surface area contributed by atoms with Gasteiger partial charge in [-0.25, -0.2) is 0 Å². The molecule has 312 valence electrons. The van der Waals surface area contributed by atoms with Gasteiger partial charge < -0.3 is 33.8 Å². The third kappa shape index (κ3) is 9.32. The average molecular weight is 872 g/mol. The lowest BCUT2D eigenvalue weighted by Crippen LogP contribution is -2.03. The highest BCUT2D eigenvalue weighted by Crippen LogP contribution is 2.48. The Morgan fingerprint density at radius 2 is 0.887 bits per heavy atom.